The van der Waals surface area contributed by atoms with E-state index in [0.717, 1.165) is 0 Å². The molecule has 0 unspecified atom stereocenters. The van der Waals surface area contributed by atoms with Crippen LogP contribution in [0.5, 0.6) is 0 Å². The Morgan fingerprint density at radius 2 is 2.00 bits per heavy atom. The molecule has 1 aromatic carbocycles. The molecule has 0 radical (unpaired) electrons. The first-order valence-corrected chi connectivity index (χ1v) is 7.72. The normalized spacial score (nSPS) is 18.2. The Hall–Kier alpha value is -1.13. The lowest BCUT2D eigenvalue weighted by Crippen LogP contribution is -2.42. The molecule has 0 aliphatic carbocycles. The lowest BCUT2D eigenvalue weighted by Gasteiger charge is -2.29. The Labute approximate surface area is 117 Å². The van der Waals surface area contributed by atoms with Gasteiger partial charge in [0.25, 0.3) is 0 Å². The first kappa shape index (κ1) is 14.3. The average molecular weight is 300 g/mol. The summed E-state index contributed by atoms with van der Waals surface area (Å²) in [4.78, 5) is -0.0297. The third-order valence-electron chi connectivity index (χ3n) is 3.18. The number of sulfonamides is 1. The van der Waals surface area contributed by atoms with Gasteiger partial charge in [-0.15, -0.1) is 0 Å². The van der Waals surface area contributed by atoms with Crippen LogP contribution in [-0.4, -0.2) is 31.9 Å². The minimum Gasteiger partial charge on any atom is -0.328 e. The van der Waals surface area contributed by atoms with Crippen LogP contribution in [0.15, 0.2) is 23.1 Å². The predicted octanol–water partition coefficient (Wildman–Crippen LogP) is 1.32. The highest BCUT2D eigenvalue weighted by Crippen LogP contribution is 2.25. The van der Waals surface area contributed by atoms with Gasteiger partial charge in [-0.3, -0.25) is 0 Å². The summed E-state index contributed by atoms with van der Waals surface area (Å²) in [6.07, 6.45) is 1.25. The topological polar surface area (TPSA) is 87.2 Å². The summed E-state index contributed by atoms with van der Waals surface area (Å²) in [7, 11) is -3.68. The summed E-state index contributed by atoms with van der Waals surface area (Å²) in [6.45, 7) is 0.752. The van der Waals surface area contributed by atoms with E-state index >= 15 is 0 Å². The lowest BCUT2D eigenvalue weighted by atomic mass is 10.1. The number of benzene rings is 1. The van der Waals surface area contributed by atoms with Crippen molar-refractivity contribution in [3.63, 3.8) is 0 Å². The van der Waals surface area contributed by atoms with E-state index in [1.165, 1.54) is 22.5 Å². The number of nitriles is 1. The smallest absolute Gasteiger partial charge is 0.244 e. The van der Waals surface area contributed by atoms with Crippen LogP contribution in [0.25, 0.3) is 0 Å². The number of piperidine rings is 1. The second-order valence-electron chi connectivity index (χ2n) is 4.49. The van der Waals surface area contributed by atoms with Crippen LogP contribution in [0.3, 0.4) is 0 Å². The van der Waals surface area contributed by atoms with Crippen molar-refractivity contribution in [2.75, 3.05) is 13.1 Å². The molecule has 0 saturated carbocycles. The molecule has 1 fully saturated rings. The molecule has 0 aromatic heterocycles. The SMILES string of the molecule is N#Cc1ccc(Cl)cc1S(=O)(=O)N1CCC(N)CC1. The molecule has 0 bridgehead atoms. The van der Waals surface area contributed by atoms with E-state index < -0.39 is 10.0 Å². The fourth-order valence-corrected chi connectivity index (χ4v) is 3.93. The Morgan fingerprint density at radius 1 is 1.37 bits per heavy atom. The van der Waals surface area contributed by atoms with Gasteiger partial charge in [0, 0.05) is 24.2 Å². The van der Waals surface area contributed by atoms with E-state index in [9.17, 15) is 8.42 Å². The molecule has 5 nitrogen and oxygen atoms in total. The molecule has 0 amide bonds. The van der Waals surface area contributed by atoms with Crippen molar-refractivity contribution in [2.45, 2.75) is 23.8 Å². The molecule has 2 rings (SSSR count). The summed E-state index contributed by atoms with van der Waals surface area (Å²) in [5, 5.41) is 9.31. The maximum Gasteiger partial charge on any atom is 0.244 e. The summed E-state index contributed by atoms with van der Waals surface area (Å²) in [6, 6.07) is 6.18. The van der Waals surface area contributed by atoms with Gasteiger partial charge in [0.05, 0.1) is 5.56 Å². The van der Waals surface area contributed by atoms with Gasteiger partial charge in [-0.25, -0.2) is 8.42 Å². The largest absolute Gasteiger partial charge is 0.328 e. The van der Waals surface area contributed by atoms with Crippen molar-refractivity contribution >= 4 is 21.6 Å². The lowest BCUT2D eigenvalue weighted by molar-refractivity contribution is 0.320. The van der Waals surface area contributed by atoms with Gasteiger partial charge in [-0.1, -0.05) is 11.6 Å². The number of rotatable bonds is 2. The standard InChI is InChI=1S/C12H14ClN3O2S/c13-10-2-1-9(8-14)12(7-10)19(17,18)16-5-3-11(15)4-6-16/h1-2,7,11H,3-6,15H2. The van der Waals surface area contributed by atoms with Crippen molar-refractivity contribution in [3.05, 3.63) is 28.8 Å². The highest BCUT2D eigenvalue weighted by atomic mass is 35.5. The Bertz CT molecular complexity index is 616. The zero-order valence-electron chi connectivity index (χ0n) is 10.2. The summed E-state index contributed by atoms with van der Waals surface area (Å²) < 4.78 is 26.4. The van der Waals surface area contributed by atoms with Crippen LogP contribution in [0.1, 0.15) is 18.4 Å². The monoisotopic (exact) mass is 299 g/mol. The highest BCUT2D eigenvalue weighted by Gasteiger charge is 2.30. The van der Waals surface area contributed by atoms with Crippen LogP contribution in [0, 0.1) is 11.3 Å². The van der Waals surface area contributed by atoms with E-state index in [0.29, 0.717) is 31.0 Å². The number of halogens is 1. The Balaban J connectivity index is 2.40. The summed E-state index contributed by atoms with van der Waals surface area (Å²) in [5.74, 6) is 0. The molecular formula is C12H14ClN3O2S. The van der Waals surface area contributed by atoms with Crippen molar-refractivity contribution in [3.8, 4) is 6.07 Å². The molecule has 1 aromatic rings. The molecule has 1 saturated heterocycles. The maximum absolute atomic E-state index is 12.5. The molecule has 0 atom stereocenters. The van der Waals surface area contributed by atoms with Crippen molar-refractivity contribution in [2.24, 2.45) is 5.73 Å². The first-order valence-electron chi connectivity index (χ1n) is 5.90. The molecule has 1 aliphatic rings. The predicted molar refractivity (Wildman–Crippen MR) is 72.1 cm³/mol. The van der Waals surface area contributed by atoms with Crippen LogP contribution in [0.4, 0.5) is 0 Å². The maximum atomic E-state index is 12.5. The second kappa shape index (κ2) is 5.47. The van der Waals surface area contributed by atoms with Gasteiger partial charge in [0.15, 0.2) is 0 Å². The Morgan fingerprint density at radius 3 is 2.58 bits per heavy atom. The minimum atomic E-state index is -3.68. The third-order valence-corrected chi connectivity index (χ3v) is 5.35. The molecule has 19 heavy (non-hydrogen) atoms. The van der Waals surface area contributed by atoms with Gasteiger partial charge in [0.2, 0.25) is 10.0 Å². The van der Waals surface area contributed by atoms with Gasteiger partial charge in [-0.2, -0.15) is 9.57 Å². The Kier molecular flexibility index (Phi) is 4.11. The number of nitrogens with zero attached hydrogens (tertiary/aromatic N) is 2. The first-order chi connectivity index (χ1) is 8.95. The van der Waals surface area contributed by atoms with E-state index in [4.69, 9.17) is 22.6 Å². The van der Waals surface area contributed by atoms with Gasteiger partial charge in [-0.05, 0) is 31.0 Å². The molecule has 102 valence electrons. The van der Waals surface area contributed by atoms with Crippen LogP contribution < -0.4 is 5.73 Å². The van der Waals surface area contributed by atoms with Crippen molar-refractivity contribution < 1.29 is 8.42 Å². The van der Waals surface area contributed by atoms with Crippen LogP contribution >= 0.6 is 11.6 Å². The molecule has 1 heterocycles. The summed E-state index contributed by atoms with van der Waals surface area (Å²) in [5.41, 5.74) is 5.87. The quantitative estimate of drug-likeness (QED) is 0.892. The highest BCUT2D eigenvalue weighted by molar-refractivity contribution is 7.89. The zero-order valence-corrected chi connectivity index (χ0v) is 11.8. The van der Waals surface area contributed by atoms with Gasteiger partial charge < -0.3 is 5.73 Å². The summed E-state index contributed by atoms with van der Waals surface area (Å²) >= 11 is 5.83. The van der Waals surface area contributed by atoms with Crippen LogP contribution in [-0.2, 0) is 10.0 Å². The van der Waals surface area contributed by atoms with E-state index in [-0.39, 0.29) is 16.5 Å². The van der Waals surface area contributed by atoms with Gasteiger partial charge >= 0.3 is 0 Å². The molecule has 0 spiro atoms. The van der Waals surface area contributed by atoms with E-state index in [1.54, 1.807) is 0 Å². The minimum absolute atomic E-state index is 0.0297. The molecule has 1 aliphatic heterocycles. The molecule has 7 heteroatoms. The number of nitrogens with two attached hydrogens (primary N) is 1. The third kappa shape index (κ3) is 2.90. The van der Waals surface area contributed by atoms with Crippen molar-refractivity contribution in [1.82, 2.24) is 4.31 Å². The molecular weight excluding hydrogens is 286 g/mol. The average Bonchev–Trinajstić information content (AvgIpc) is 2.39. The van der Waals surface area contributed by atoms with Gasteiger partial charge in [0.1, 0.15) is 11.0 Å². The van der Waals surface area contributed by atoms with Crippen LogP contribution in [0.2, 0.25) is 5.02 Å². The fourth-order valence-electron chi connectivity index (χ4n) is 2.06. The molecule has 2 N–H and O–H groups in total. The number of hydrogen-bond donors (Lipinski definition) is 1. The zero-order chi connectivity index (χ0) is 14.0. The van der Waals surface area contributed by atoms with E-state index in [2.05, 4.69) is 0 Å². The second-order valence-corrected chi connectivity index (χ2v) is 6.84. The van der Waals surface area contributed by atoms with E-state index in [1.807, 2.05) is 6.07 Å². The number of hydrogen-bond acceptors (Lipinski definition) is 4. The van der Waals surface area contributed by atoms with Crippen molar-refractivity contribution in [1.29, 1.82) is 5.26 Å². The fraction of sp³-hybridized carbons (Fsp3) is 0.417.